The Bertz CT molecular complexity index is 748. The van der Waals surface area contributed by atoms with E-state index in [0.29, 0.717) is 5.75 Å². The van der Waals surface area contributed by atoms with Crippen molar-refractivity contribution in [2.24, 2.45) is 5.92 Å². The lowest BCUT2D eigenvalue weighted by atomic mass is 9.99. The predicted molar refractivity (Wildman–Crippen MR) is 108 cm³/mol. The second-order valence-electron chi connectivity index (χ2n) is 7.38. The fraction of sp³-hybridized carbons (Fsp3) is 0.632. The van der Waals surface area contributed by atoms with Crippen molar-refractivity contribution in [1.29, 1.82) is 0 Å². The lowest BCUT2D eigenvalue weighted by Gasteiger charge is -2.30. The summed E-state index contributed by atoms with van der Waals surface area (Å²) in [5.41, 5.74) is 0. The third-order valence-corrected chi connectivity index (χ3v) is 7.15. The van der Waals surface area contributed by atoms with Gasteiger partial charge in [0.05, 0.1) is 23.3 Å². The van der Waals surface area contributed by atoms with Crippen molar-refractivity contribution in [3.05, 3.63) is 17.5 Å². The first-order valence-corrected chi connectivity index (χ1v) is 11.6. The summed E-state index contributed by atoms with van der Waals surface area (Å²) < 4.78 is 7.96. The van der Waals surface area contributed by atoms with Crippen molar-refractivity contribution in [1.82, 2.24) is 19.7 Å². The molecule has 4 heterocycles. The van der Waals surface area contributed by atoms with Gasteiger partial charge >= 0.3 is 0 Å². The van der Waals surface area contributed by atoms with Gasteiger partial charge < -0.3 is 9.64 Å². The number of nitrogens with zero attached hydrogens (tertiary/aromatic N) is 4. The molecule has 0 saturated carbocycles. The highest BCUT2D eigenvalue weighted by Gasteiger charge is 2.24. The molecule has 2 fully saturated rings. The fourth-order valence-electron chi connectivity index (χ4n) is 3.62. The van der Waals surface area contributed by atoms with Crippen LogP contribution in [-0.2, 0) is 16.1 Å². The number of thioether (sulfide) groups is 1. The molecule has 0 aliphatic carbocycles. The number of thiophene rings is 1. The van der Waals surface area contributed by atoms with E-state index in [1.54, 1.807) is 11.3 Å². The van der Waals surface area contributed by atoms with Crippen molar-refractivity contribution in [3.63, 3.8) is 0 Å². The highest BCUT2D eigenvalue weighted by molar-refractivity contribution is 7.99. The van der Waals surface area contributed by atoms with Crippen molar-refractivity contribution in [2.75, 3.05) is 25.4 Å². The molecule has 4 rings (SSSR count). The molecule has 2 aliphatic rings. The minimum Gasteiger partial charge on any atom is -0.376 e. The number of hydrogen-bond acceptors (Lipinski definition) is 6. The van der Waals surface area contributed by atoms with Gasteiger partial charge in [0.25, 0.3) is 0 Å². The number of amides is 1. The summed E-state index contributed by atoms with van der Waals surface area (Å²) in [4.78, 5) is 15.7. The Hall–Kier alpha value is -1.38. The molecule has 6 nitrogen and oxygen atoms in total. The van der Waals surface area contributed by atoms with Gasteiger partial charge in [0.2, 0.25) is 5.91 Å². The number of piperidine rings is 1. The number of likely N-dealkylation sites (tertiary alicyclic amines) is 1. The van der Waals surface area contributed by atoms with E-state index in [-0.39, 0.29) is 12.0 Å². The van der Waals surface area contributed by atoms with Crippen LogP contribution in [0.15, 0.2) is 22.7 Å². The number of ether oxygens (including phenoxy) is 1. The second kappa shape index (κ2) is 8.75. The maximum atomic E-state index is 12.6. The SMILES string of the molecule is CC1CCN(C(=O)CSc2nnc(-c3cccs3)n2CC2CCCO2)CC1. The Kier molecular flexibility index (Phi) is 6.14. The van der Waals surface area contributed by atoms with Gasteiger partial charge in [-0.15, -0.1) is 21.5 Å². The maximum absolute atomic E-state index is 12.6. The van der Waals surface area contributed by atoms with Gasteiger partial charge in [-0.1, -0.05) is 24.8 Å². The second-order valence-corrected chi connectivity index (χ2v) is 9.27. The standard InChI is InChI=1S/C19H26N4O2S2/c1-14-6-8-22(9-7-14)17(24)13-27-19-21-20-18(16-5-3-11-26-16)23(19)12-15-4-2-10-25-15/h3,5,11,14-15H,2,4,6-10,12-13H2,1H3. The van der Waals surface area contributed by atoms with Crippen LogP contribution in [0.25, 0.3) is 10.7 Å². The Morgan fingerprint density at radius 2 is 2.19 bits per heavy atom. The highest BCUT2D eigenvalue weighted by Crippen LogP contribution is 2.29. The summed E-state index contributed by atoms with van der Waals surface area (Å²) in [5, 5.41) is 11.7. The van der Waals surface area contributed by atoms with E-state index in [2.05, 4.69) is 27.8 Å². The van der Waals surface area contributed by atoms with Gasteiger partial charge in [-0.05, 0) is 43.0 Å². The Balaban J connectivity index is 1.45. The topological polar surface area (TPSA) is 60.2 Å². The first-order chi connectivity index (χ1) is 13.2. The van der Waals surface area contributed by atoms with E-state index >= 15 is 0 Å². The van der Waals surface area contributed by atoms with Gasteiger partial charge in [0.1, 0.15) is 0 Å². The zero-order valence-corrected chi connectivity index (χ0v) is 17.3. The summed E-state index contributed by atoms with van der Waals surface area (Å²) >= 11 is 3.16. The summed E-state index contributed by atoms with van der Waals surface area (Å²) in [6, 6.07) is 4.09. The van der Waals surface area contributed by atoms with Gasteiger partial charge in [-0.3, -0.25) is 9.36 Å². The van der Waals surface area contributed by atoms with Crippen LogP contribution in [-0.4, -0.2) is 57.1 Å². The summed E-state index contributed by atoms with van der Waals surface area (Å²) in [6.07, 6.45) is 4.59. The molecule has 2 aliphatic heterocycles. The quantitative estimate of drug-likeness (QED) is 0.687. The van der Waals surface area contributed by atoms with Crippen LogP contribution in [0.5, 0.6) is 0 Å². The largest absolute Gasteiger partial charge is 0.376 e. The number of aromatic nitrogens is 3. The average Bonchev–Trinajstić information content (AvgIpc) is 3.43. The zero-order chi connectivity index (χ0) is 18.6. The number of hydrogen-bond donors (Lipinski definition) is 0. The fourth-order valence-corrected chi connectivity index (χ4v) is 5.18. The third kappa shape index (κ3) is 4.55. The van der Waals surface area contributed by atoms with E-state index in [9.17, 15) is 4.79 Å². The van der Waals surface area contributed by atoms with Crippen LogP contribution >= 0.6 is 23.1 Å². The van der Waals surface area contributed by atoms with E-state index in [1.807, 2.05) is 16.3 Å². The first kappa shape index (κ1) is 19.0. The Morgan fingerprint density at radius 3 is 2.89 bits per heavy atom. The lowest BCUT2D eigenvalue weighted by Crippen LogP contribution is -2.38. The van der Waals surface area contributed by atoms with Crippen LogP contribution < -0.4 is 0 Å². The first-order valence-electron chi connectivity index (χ1n) is 9.70. The minimum absolute atomic E-state index is 0.205. The molecule has 0 radical (unpaired) electrons. The predicted octanol–water partition coefficient (Wildman–Crippen LogP) is 3.54. The molecule has 1 atom stereocenters. The van der Waals surface area contributed by atoms with Crippen LogP contribution in [0.3, 0.4) is 0 Å². The molecule has 8 heteroatoms. The average molecular weight is 407 g/mol. The van der Waals surface area contributed by atoms with Crippen LogP contribution in [0, 0.1) is 5.92 Å². The van der Waals surface area contributed by atoms with E-state index in [1.165, 1.54) is 11.8 Å². The summed E-state index contributed by atoms with van der Waals surface area (Å²) in [5.74, 6) is 2.23. The number of rotatable bonds is 6. The van der Waals surface area contributed by atoms with Crippen LogP contribution in [0.2, 0.25) is 0 Å². The molecule has 2 aromatic heterocycles. The molecular formula is C19H26N4O2S2. The van der Waals surface area contributed by atoms with Gasteiger partial charge in [-0.25, -0.2) is 0 Å². The van der Waals surface area contributed by atoms with E-state index < -0.39 is 0 Å². The molecule has 2 aromatic rings. The normalized spacial score (nSPS) is 21.1. The van der Waals surface area contributed by atoms with Crippen LogP contribution in [0.1, 0.15) is 32.6 Å². The van der Waals surface area contributed by atoms with Crippen molar-refractivity contribution in [2.45, 2.75) is 50.4 Å². The van der Waals surface area contributed by atoms with Gasteiger partial charge in [0.15, 0.2) is 11.0 Å². The summed E-state index contributed by atoms with van der Waals surface area (Å²) in [6.45, 7) is 5.59. The van der Waals surface area contributed by atoms with Crippen molar-refractivity contribution >= 4 is 29.0 Å². The molecule has 0 bridgehead atoms. The molecule has 146 valence electrons. The Labute approximate surface area is 168 Å². The highest BCUT2D eigenvalue weighted by atomic mass is 32.2. The lowest BCUT2D eigenvalue weighted by molar-refractivity contribution is -0.129. The minimum atomic E-state index is 0.205. The monoisotopic (exact) mass is 406 g/mol. The zero-order valence-electron chi connectivity index (χ0n) is 15.7. The molecule has 27 heavy (non-hydrogen) atoms. The molecule has 1 amide bonds. The summed E-state index contributed by atoms with van der Waals surface area (Å²) in [7, 11) is 0. The van der Waals surface area contributed by atoms with Gasteiger partial charge in [-0.2, -0.15) is 0 Å². The van der Waals surface area contributed by atoms with Crippen molar-refractivity contribution in [3.8, 4) is 10.7 Å². The molecule has 2 saturated heterocycles. The Morgan fingerprint density at radius 1 is 1.33 bits per heavy atom. The molecule has 0 N–H and O–H groups in total. The smallest absolute Gasteiger partial charge is 0.233 e. The van der Waals surface area contributed by atoms with E-state index in [0.717, 1.165) is 73.7 Å². The number of carbonyl (C=O) groups is 1. The van der Waals surface area contributed by atoms with Crippen molar-refractivity contribution < 1.29 is 9.53 Å². The van der Waals surface area contributed by atoms with E-state index in [4.69, 9.17) is 4.74 Å². The maximum Gasteiger partial charge on any atom is 0.233 e. The third-order valence-electron chi connectivity index (χ3n) is 5.33. The molecular weight excluding hydrogens is 380 g/mol. The molecule has 1 unspecified atom stereocenters. The van der Waals surface area contributed by atoms with Gasteiger partial charge in [0, 0.05) is 19.7 Å². The number of carbonyl (C=O) groups excluding carboxylic acids is 1. The molecule has 0 aromatic carbocycles. The molecule has 0 spiro atoms. The van der Waals surface area contributed by atoms with Crippen LogP contribution in [0.4, 0.5) is 0 Å².